The topological polar surface area (TPSA) is 102 Å². The molecule has 0 saturated heterocycles. The lowest BCUT2D eigenvalue weighted by Crippen LogP contribution is -2.53. The summed E-state index contributed by atoms with van der Waals surface area (Å²) in [6, 6.07) is -1.21. The summed E-state index contributed by atoms with van der Waals surface area (Å²) in [6.07, 6.45) is -0.603. The van der Waals surface area contributed by atoms with Crippen LogP contribution in [0.3, 0.4) is 0 Å². The second kappa shape index (κ2) is 7.19. The van der Waals surface area contributed by atoms with Gasteiger partial charge in [-0.3, -0.25) is 4.79 Å². The van der Waals surface area contributed by atoms with Gasteiger partial charge in [0.25, 0.3) is 0 Å². The number of methoxy groups -OCH3 is 1. The molecule has 7 nitrogen and oxygen atoms in total. The standard InChI is InChI=1S/C16H29NO6/c1-14(2,3)23-13(21)17-10(11(18)19)15(4,5)9-16(6,7)12(20)22-8/h10H,9H2,1-8H3,(H,17,21)(H,18,19). The van der Waals surface area contributed by atoms with E-state index in [1.807, 2.05) is 0 Å². The molecule has 0 aliphatic carbocycles. The van der Waals surface area contributed by atoms with E-state index in [4.69, 9.17) is 9.47 Å². The van der Waals surface area contributed by atoms with Crippen LogP contribution >= 0.6 is 0 Å². The van der Waals surface area contributed by atoms with Gasteiger partial charge in [0.1, 0.15) is 11.6 Å². The highest BCUT2D eigenvalue weighted by molar-refractivity contribution is 5.81. The van der Waals surface area contributed by atoms with Gasteiger partial charge < -0.3 is 19.9 Å². The average molecular weight is 331 g/mol. The molecule has 0 radical (unpaired) electrons. The molecule has 0 fully saturated rings. The summed E-state index contributed by atoms with van der Waals surface area (Å²) in [4.78, 5) is 35.3. The average Bonchev–Trinajstić information content (AvgIpc) is 2.30. The molecule has 1 amide bonds. The predicted octanol–water partition coefficient (Wildman–Crippen LogP) is 2.58. The largest absolute Gasteiger partial charge is 0.480 e. The number of ether oxygens (including phenoxy) is 2. The highest BCUT2D eigenvalue weighted by atomic mass is 16.6. The van der Waals surface area contributed by atoms with E-state index in [0.29, 0.717) is 0 Å². The number of esters is 1. The van der Waals surface area contributed by atoms with Gasteiger partial charge in [0.2, 0.25) is 0 Å². The summed E-state index contributed by atoms with van der Waals surface area (Å²) >= 11 is 0. The Balaban J connectivity index is 5.24. The third kappa shape index (κ3) is 6.88. The van der Waals surface area contributed by atoms with Crippen molar-refractivity contribution in [3.8, 4) is 0 Å². The molecule has 23 heavy (non-hydrogen) atoms. The molecule has 0 rings (SSSR count). The lowest BCUT2D eigenvalue weighted by atomic mass is 9.71. The number of carbonyl (C=O) groups excluding carboxylic acids is 2. The van der Waals surface area contributed by atoms with Gasteiger partial charge in [-0.2, -0.15) is 0 Å². The number of alkyl carbamates (subject to hydrolysis) is 1. The normalized spacial score (nSPS) is 13.9. The molecule has 7 heteroatoms. The van der Waals surface area contributed by atoms with Gasteiger partial charge in [0.05, 0.1) is 12.5 Å². The molecule has 0 aliphatic rings. The molecule has 0 heterocycles. The van der Waals surface area contributed by atoms with Crippen molar-refractivity contribution in [2.45, 2.75) is 66.5 Å². The van der Waals surface area contributed by atoms with Crippen LogP contribution in [0, 0.1) is 10.8 Å². The Labute approximate surface area is 137 Å². The number of aliphatic carboxylic acids is 1. The Morgan fingerprint density at radius 3 is 1.87 bits per heavy atom. The van der Waals surface area contributed by atoms with Crippen molar-refractivity contribution in [2.75, 3.05) is 7.11 Å². The quantitative estimate of drug-likeness (QED) is 0.725. The molecular formula is C16H29NO6. The van der Waals surface area contributed by atoms with E-state index in [2.05, 4.69) is 5.32 Å². The first-order valence-corrected chi connectivity index (χ1v) is 7.43. The first-order valence-electron chi connectivity index (χ1n) is 7.43. The maximum absolute atomic E-state index is 11.9. The van der Waals surface area contributed by atoms with Gasteiger partial charge in [0, 0.05) is 0 Å². The number of carbonyl (C=O) groups is 3. The van der Waals surface area contributed by atoms with Crippen LogP contribution in [0.15, 0.2) is 0 Å². The monoisotopic (exact) mass is 331 g/mol. The first-order chi connectivity index (χ1) is 10.1. The number of nitrogens with one attached hydrogen (secondary N) is 1. The van der Waals surface area contributed by atoms with Gasteiger partial charge in [-0.1, -0.05) is 13.8 Å². The third-order valence-electron chi connectivity index (χ3n) is 3.33. The van der Waals surface area contributed by atoms with Crippen LogP contribution in [-0.4, -0.2) is 41.9 Å². The number of amides is 1. The maximum Gasteiger partial charge on any atom is 0.408 e. The number of carboxylic acid groups (broad SMARTS) is 1. The van der Waals surface area contributed by atoms with E-state index in [0.717, 1.165) is 0 Å². The molecule has 0 aromatic rings. The molecule has 1 unspecified atom stereocenters. The van der Waals surface area contributed by atoms with Crippen LogP contribution in [0.1, 0.15) is 54.9 Å². The van der Waals surface area contributed by atoms with E-state index in [1.54, 1.807) is 48.5 Å². The lowest BCUT2D eigenvalue weighted by Gasteiger charge is -2.37. The van der Waals surface area contributed by atoms with Crippen molar-refractivity contribution in [3.05, 3.63) is 0 Å². The molecule has 2 N–H and O–H groups in total. The Morgan fingerprint density at radius 2 is 1.52 bits per heavy atom. The van der Waals surface area contributed by atoms with Crippen LogP contribution < -0.4 is 5.32 Å². The fourth-order valence-corrected chi connectivity index (χ4v) is 2.61. The van der Waals surface area contributed by atoms with Gasteiger partial charge in [-0.25, -0.2) is 9.59 Å². The molecule has 0 saturated carbocycles. The number of hydrogen-bond donors (Lipinski definition) is 2. The van der Waals surface area contributed by atoms with E-state index in [9.17, 15) is 19.5 Å². The van der Waals surface area contributed by atoms with Crippen LogP contribution in [-0.2, 0) is 19.1 Å². The zero-order valence-corrected chi connectivity index (χ0v) is 15.3. The van der Waals surface area contributed by atoms with Crippen molar-refractivity contribution in [1.29, 1.82) is 0 Å². The summed E-state index contributed by atoms with van der Waals surface area (Å²) in [6.45, 7) is 11.8. The Hall–Kier alpha value is -1.79. The van der Waals surface area contributed by atoms with Crippen molar-refractivity contribution in [1.82, 2.24) is 5.32 Å². The first kappa shape index (κ1) is 21.2. The van der Waals surface area contributed by atoms with Gasteiger partial charge >= 0.3 is 18.0 Å². The second-order valence-electron chi connectivity index (χ2n) is 7.96. The van der Waals surface area contributed by atoms with Crippen LogP contribution in [0.25, 0.3) is 0 Å². The van der Waals surface area contributed by atoms with Gasteiger partial charge in [0.15, 0.2) is 0 Å². The van der Waals surface area contributed by atoms with Gasteiger partial charge in [-0.15, -0.1) is 0 Å². The summed E-state index contributed by atoms with van der Waals surface area (Å²) in [5.74, 6) is -1.63. The van der Waals surface area contributed by atoms with Crippen LogP contribution in [0.2, 0.25) is 0 Å². The molecule has 0 aliphatic heterocycles. The summed E-state index contributed by atoms with van der Waals surface area (Å²) in [5, 5.41) is 11.8. The van der Waals surface area contributed by atoms with Crippen LogP contribution in [0.4, 0.5) is 4.79 Å². The highest BCUT2D eigenvalue weighted by Crippen LogP contribution is 2.37. The van der Waals surface area contributed by atoms with Gasteiger partial charge in [-0.05, 0) is 46.5 Å². The fraction of sp³-hybridized carbons (Fsp3) is 0.812. The lowest BCUT2D eigenvalue weighted by molar-refractivity contribution is -0.154. The summed E-state index contributed by atoms with van der Waals surface area (Å²) in [5.41, 5.74) is -2.52. The summed E-state index contributed by atoms with van der Waals surface area (Å²) in [7, 11) is 1.28. The molecule has 0 bridgehead atoms. The van der Waals surface area contributed by atoms with Crippen molar-refractivity contribution in [3.63, 3.8) is 0 Å². The number of hydrogen-bond acceptors (Lipinski definition) is 5. The molecule has 1 atom stereocenters. The molecule has 0 aromatic carbocycles. The Morgan fingerprint density at radius 1 is 1.04 bits per heavy atom. The molecule has 134 valence electrons. The SMILES string of the molecule is COC(=O)C(C)(C)CC(C)(C)C(NC(=O)OC(C)(C)C)C(=O)O. The van der Waals surface area contributed by atoms with Crippen LogP contribution in [0.5, 0.6) is 0 Å². The van der Waals surface area contributed by atoms with E-state index in [-0.39, 0.29) is 6.42 Å². The molecule has 0 aromatic heterocycles. The highest BCUT2D eigenvalue weighted by Gasteiger charge is 2.44. The minimum atomic E-state index is -1.21. The maximum atomic E-state index is 11.9. The Kier molecular flexibility index (Phi) is 6.63. The third-order valence-corrected chi connectivity index (χ3v) is 3.33. The van der Waals surface area contributed by atoms with E-state index >= 15 is 0 Å². The zero-order chi connectivity index (χ0) is 18.6. The predicted molar refractivity (Wildman–Crippen MR) is 85.0 cm³/mol. The molecular weight excluding hydrogens is 302 g/mol. The minimum Gasteiger partial charge on any atom is -0.480 e. The van der Waals surface area contributed by atoms with Crippen molar-refractivity contribution in [2.24, 2.45) is 10.8 Å². The van der Waals surface area contributed by atoms with Crippen molar-refractivity contribution >= 4 is 18.0 Å². The molecule has 0 spiro atoms. The zero-order valence-electron chi connectivity index (χ0n) is 15.3. The number of rotatable bonds is 6. The van der Waals surface area contributed by atoms with E-state index < -0.39 is 40.5 Å². The minimum absolute atomic E-state index is 0.208. The summed E-state index contributed by atoms with van der Waals surface area (Å²) < 4.78 is 9.86. The number of carboxylic acids is 1. The fourth-order valence-electron chi connectivity index (χ4n) is 2.61. The van der Waals surface area contributed by atoms with E-state index in [1.165, 1.54) is 7.11 Å². The van der Waals surface area contributed by atoms with Crippen molar-refractivity contribution < 1.29 is 29.0 Å². The smallest absolute Gasteiger partial charge is 0.408 e. The second-order valence-corrected chi connectivity index (χ2v) is 7.96. The Bertz CT molecular complexity index is 462.